The van der Waals surface area contributed by atoms with E-state index in [1.165, 1.54) is 36.9 Å². The number of para-hydroxylation sites is 1. The summed E-state index contributed by atoms with van der Waals surface area (Å²) in [5.74, 6) is 0. The van der Waals surface area contributed by atoms with E-state index in [4.69, 9.17) is 0 Å². The van der Waals surface area contributed by atoms with Crippen molar-refractivity contribution in [2.75, 3.05) is 5.32 Å². The number of rotatable bonds is 2. The molecule has 1 nitrogen and oxygen atoms in total. The second-order valence-corrected chi connectivity index (χ2v) is 4.27. The zero-order valence-corrected chi connectivity index (χ0v) is 9.14. The molecule has 0 atom stereocenters. The first-order valence-electron chi connectivity index (χ1n) is 5.66. The van der Waals surface area contributed by atoms with Crippen molar-refractivity contribution in [3.05, 3.63) is 29.8 Å². The third-order valence-corrected chi connectivity index (χ3v) is 3.64. The van der Waals surface area contributed by atoms with Crippen molar-refractivity contribution >= 4 is 5.69 Å². The molecular weight excluding hydrogens is 170 g/mol. The van der Waals surface area contributed by atoms with Gasteiger partial charge in [0.15, 0.2) is 0 Å². The lowest BCUT2D eigenvalue weighted by atomic mass is 9.82. The molecule has 1 heterocycles. The second-order valence-electron chi connectivity index (χ2n) is 4.27. The Balaban J connectivity index is 2.28. The normalized spacial score (nSPS) is 18.4. The smallest absolute Gasteiger partial charge is 0.0377 e. The first-order chi connectivity index (χ1) is 6.79. The molecule has 0 saturated carbocycles. The molecule has 76 valence electrons. The number of benzene rings is 1. The number of aryl methyl sites for hydroxylation is 1. The topological polar surface area (TPSA) is 12.0 Å². The first-order valence-corrected chi connectivity index (χ1v) is 5.66. The van der Waals surface area contributed by atoms with Crippen molar-refractivity contribution in [1.82, 2.24) is 0 Å². The average Bonchev–Trinajstić information content (AvgIpc) is 2.28. The third kappa shape index (κ3) is 1.52. The van der Waals surface area contributed by atoms with E-state index in [-0.39, 0.29) is 0 Å². The van der Waals surface area contributed by atoms with Gasteiger partial charge in [-0.25, -0.2) is 0 Å². The monoisotopic (exact) mass is 189 g/mol. The van der Waals surface area contributed by atoms with Gasteiger partial charge in [0.25, 0.3) is 0 Å². The highest BCUT2D eigenvalue weighted by Gasteiger charge is 2.29. The van der Waals surface area contributed by atoms with Crippen molar-refractivity contribution < 1.29 is 0 Å². The molecule has 14 heavy (non-hydrogen) atoms. The number of nitrogens with one attached hydrogen (secondary N) is 1. The summed E-state index contributed by atoms with van der Waals surface area (Å²) in [7, 11) is 0. The highest BCUT2D eigenvalue weighted by Crippen LogP contribution is 2.34. The van der Waals surface area contributed by atoms with Gasteiger partial charge in [0.2, 0.25) is 0 Å². The van der Waals surface area contributed by atoms with Gasteiger partial charge in [-0.15, -0.1) is 0 Å². The van der Waals surface area contributed by atoms with Crippen molar-refractivity contribution in [2.45, 2.75) is 45.1 Å². The Morgan fingerprint density at radius 3 is 2.64 bits per heavy atom. The Labute approximate surface area is 86.5 Å². The Morgan fingerprint density at radius 2 is 1.93 bits per heavy atom. The van der Waals surface area contributed by atoms with Crippen LogP contribution in [0.5, 0.6) is 0 Å². The highest BCUT2D eigenvalue weighted by molar-refractivity contribution is 5.55. The standard InChI is InChI=1S/C13H19N/c1-3-13(4-2)10-9-11-7-5-6-8-12(11)14-13/h5-8,14H,3-4,9-10H2,1-2H3. The maximum absolute atomic E-state index is 3.71. The summed E-state index contributed by atoms with van der Waals surface area (Å²) in [6, 6.07) is 8.69. The molecule has 1 aliphatic rings. The van der Waals surface area contributed by atoms with Gasteiger partial charge in [0, 0.05) is 11.2 Å². The maximum atomic E-state index is 3.71. The molecule has 0 saturated heterocycles. The van der Waals surface area contributed by atoms with Crippen LogP contribution in [0.4, 0.5) is 5.69 Å². The van der Waals surface area contributed by atoms with Gasteiger partial charge in [-0.2, -0.15) is 0 Å². The number of hydrogen-bond donors (Lipinski definition) is 1. The summed E-state index contributed by atoms with van der Waals surface area (Å²) in [4.78, 5) is 0. The zero-order valence-electron chi connectivity index (χ0n) is 9.14. The van der Waals surface area contributed by atoms with Crippen LogP contribution in [-0.4, -0.2) is 5.54 Å². The molecule has 1 aromatic carbocycles. The third-order valence-electron chi connectivity index (χ3n) is 3.64. The van der Waals surface area contributed by atoms with Crippen molar-refractivity contribution in [2.24, 2.45) is 0 Å². The Hall–Kier alpha value is -0.980. The van der Waals surface area contributed by atoms with Crippen LogP contribution in [0.15, 0.2) is 24.3 Å². The van der Waals surface area contributed by atoms with E-state index in [0.29, 0.717) is 5.54 Å². The molecule has 0 radical (unpaired) electrons. The van der Waals surface area contributed by atoms with Gasteiger partial charge in [0.05, 0.1) is 0 Å². The lowest BCUT2D eigenvalue weighted by Gasteiger charge is -2.39. The summed E-state index contributed by atoms with van der Waals surface area (Å²) >= 11 is 0. The minimum Gasteiger partial charge on any atom is -0.379 e. The molecule has 2 rings (SSSR count). The fourth-order valence-electron chi connectivity index (χ4n) is 2.36. The van der Waals surface area contributed by atoms with E-state index >= 15 is 0 Å². The van der Waals surface area contributed by atoms with E-state index in [0.717, 1.165) is 0 Å². The molecule has 0 bridgehead atoms. The summed E-state index contributed by atoms with van der Waals surface area (Å²) in [5.41, 5.74) is 3.18. The molecule has 0 unspecified atom stereocenters. The van der Waals surface area contributed by atoms with Gasteiger partial charge in [-0.3, -0.25) is 0 Å². The van der Waals surface area contributed by atoms with Crippen LogP contribution < -0.4 is 5.32 Å². The van der Waals surface area contributed by atoms with E-state index in [2.05, 4.69) is 43.4 Å². The van der Waals surface area contributed by atoms with Gasteiger partial charge in [-0.05, 0) is 37.3 Å². The van der Waals surface area contributed by atoms with Crippen molar-refractivity contribution in [1.29, 1.82) is 0 Å². The maximum Gasteiger partial charge on any atom is 0.0377 e. The van der Waals surface area contributed by atoms with Gasteiger partial charge in [-0.1, -0.05) is 32.0 Å². The molecular formula is C13H19N. The molecule has 0 fully saturated rings. The molecule has 1 N–H and O–H groups in total. The van der Waals surface area contributed by atoms with E-state index in [1.54, 1.807) is 0 Å². The first kappa shape index (κ1) is 9.57. The summed E-state index contributed by atoms with van der Waals surface area (Å²) in [6.07, 6.45) is 4.94. The van der Waals surface area contributed by atoms with Crippen molar-refractivity contribution in [3.8, 4) is 0 Å². The number of anilines is 1. The quantitative estimate of drug-likeness (QED) is 0.749. The Kier molecular flexibility index (Phi) is 2.49. The average molecular weight is 189 g/mol. The number of hydrogen-bond acceptors (Lipinski definition) is 1. The van der Waals surface area contributed by atoms with Gasteiger partial charge < -0.3 is 5.32 Å². The fraction of sp³-hybridized carbons (Fsp3) is 0.538. The van der Waals surface area contributed by atoms with Crippen LogP contribution in [0.25, 0.3) is 0 Å². The molecule has 1 heteroatoms. The van der Waals surface area contributed by atoms with Crippen LogP contribution in [0.1, 0.15) is 38.7 Å². The minimum absolute atomic E-state index is 0.356. The Bertz CT molecular complexity index is 313. The van der Waals surface area contributed by atoms with Gasteiger partial charge in [0.1, 0.15) is 0 Å². The molecule has 1 aliphatic heterocycles. The summed E-state index contributed by atoms with van der Waals surface area (Å²) in [5, 5.41) is 3.71. The second kappa shape index (κ2) is 3.64. The minimum atomic E-state index is 0.356. The van der Waals surface area contributed by atoms with Crippen LogP contribution in [0.2, 0.25) is 0 Å². The highest BCUT2D eigenvalue weighted by atomic mass is 15.0. The summed E-state index contributed by atoms with van der Waals surface area (Å²) < 4.78 is 0. The zero-order chi connectivity index (χ0) is 10.0. The van der Waals surface area contributed by atoms with Gasteiger partial charge >= 0.3 is 0 Å². The van der Waals surface area contributed by atoms with Crippen LogP contribution in [0, 0.1) is 0 Å². The largest absolute Gasteiger partial charge is 0.379 e. The van der Waals surface area contributed by atoms with E-state index < -0.39 is 0 Å². The summed E-state index contributed by atoms with van der Waals surface area (Å²) in [6.45, 7) is 4.56. The van der Waals surface area contributed by atoms with Crippen LogP contribution in [-0.2, 0) is 6.42 Å². The molecule has 1 aromatic rings. The SMILES string of the molecule is CCC1(CC)CCc2ccccc2N1. The molecule has 0 amide bonds. The van der Waals surface area contributed by atoms with Crippen LogP contribution in [0.3, 0.4) is 0 Å². The van der Waals surface area contributed by atoms with E-state index in [9.17, 15) is 0 Å². The predicted molar refractivity (Wildman–Crippen MR) is 61.7 cm³/mol. The van der Waals surface area contributed by atoms with E-state index in [1.807, 2.05) is 0 Å². The molecule has 0 aliphatic carbocycles. The Morgan fingerprint density at radius 1 is 1.21 bits per heavy atom. The molecule has 0 aromatic heterocycles. The molecule has 0 spiro atoms. The van der Waals surface area contributed by atoms with Crippen LogP contribution >= 0.6 is 0 Å². The fourth-order valence-corrected chi connectivity index (χ4v) is 2.36. The van der Waals surface area contributed by atoms with Crippen molar-refractivity contribution in [3.63, 3.8) is 0 Å². The lowest BCUT2D eigenvalue weighted by molar-refractivity contribution is 0.392. The number of fused-ring (bicyclic) bond motifs is 1. The predicted octanol–water partition coefficient (Wildman–Crippen LogP) is 3.60. The lowest BCUT2D eigenvalue weighted by Crippen LogP contribution is -2.40.